The Bertz CT molecular complexity index is 140. The van der Waals surface area contributed by atoms with E-state index in [0.717, 1.165) is 6.61 Å². The van der Waals surface area contributed by atoms with Crippen LogP contribution in [0.1, 0.15) is 32.6 Å². The van der Waals surface area contributed by atoms with Gasteiger partial charge in [-0.25, -0.2) is 0 Å². The molecule has 0 saturated carbocycles. The fraction of sp³-hybridized carbons (Fsp3) is 0.800. The highest BCUT2D eigenvalue weighted by Gasteiger charge is 2.21. The lowest BCUT2D eigenvalue weighted by molar-refractivity contribution is 0.156. The summed E-state index contributed by atoms with van der Waals surface area (Å²) < 4.78 is 5.08. The highest BCUT2D eigenvalue weighted by atomic mass is 16.5. The lowest BCUT2D eigenvalue weighted by Gasteiger charge is -2.28. The number of rotatable bonds is 3. The zero-order valence-corrected chi connectivity index (χ0v) is 7.60. The van der Waals surface area contributed by atoms with Crippen molar-refractivity contribution in [3.05, 3.63) is 12.2 Å². The van der Waals surface area contributed by atoms with E-state index < -0.39 is 0 Å². The topological polar surface area (TPSA) is 9.23 Å². The van der Waals surface area contributed by atoms with Gasteiger partial charge in [0.25, 0.3) is 0 Å². The van der Waals surface area contributed by atoms with Crippen molar-refractivity contribution in [2.75, 3.05) is 13.7 Å². The molecule has 1 aliphatic carbocycles. The van der Waals surface area contributed by atoms with Gasteiger partial charge in [0.15, 0.2) is 0 Å². The Morgan fingerprint density at radius 1 is 1.55 bits per heavy atom. The van der Waals surface area contributed by atoms with Crippen LogP contribution in [0.15, 0.2) is 12.2 Å². The molecule has 0 N–H and O–H groups in total. The molecule has 1 atom stereocenters. The quantitative estimate of drug-likeness (QED) is 0.568. The van der Waals surface area contributed by atoms with Crippen LogP contribution in [0.3, 0.4) is 0 Å². The van der Waals surface area contributed by atoms with Crippen LogP contribution in [-0.4, -0.2) is 13.7 Å². The molecule has 0 aliphatic heterocycles. The molecule has 64 valence electrons. The second kappa shape index (κ2) is 3.91. The molecule has 1 aliphatic rings. The minimum atomic E-state index is 0.425. The summed E-state index contributed by atoms with van der Waals surface area (Å²) >= 11 is 0. The van der Waals surface area contributed by atoms with Crippen molar-refractivity contribution in [2.24, 2.45) is 5.41 Å². The monoisotopic (exact) mass is 154 g/mol. The highest BCUT2D eigenvalue weighted by Crippen LogP contribution is 2.33. The van der Waals surface area contributed by atoms with Crippen molar-refractivity contribution in [3.63, 3.8) is 0 Å². The molecule has 11 heavy (non-hydrogen) atoms. The number of hydrogen-bond acceptors (Lipinski definition) is 1. The van der Waals surface area contributed by atoms with Crippen LogP contribution in [-0.2, 0) is 4.74 Å². The van der Waals surface area contributed by atoms with Gasteiger partial charge in [-0.1, -0.05) is 19.1 Å². The molecule has 1 heteroatoms. The van der Waals surface area contributed by atoms with Crippen LogP contribution >= 0.6 is 0 Å². The molecule has 0 radical (unpaired) electrons. The third-order valence-electron chi connectivity index (χ3n) is 2.52. The largest absolute Gasteiger partial charge is 0.385 e. The van der Waals surface area contributed by atoms with Gasteiger partial charge in [0, 0.05) is 13.7 Å². The van der Waals surface area contributed by atoms with Gasteiger partial charge in [-0.05, 0) is 31.1 Å². The van der Waals surface area contributed by atoms with Crippen LogP contribution in [0.2, 0.25) is 0 Å². The van der Waals surface area contributed by atoms with Crippen LogP contribution in [0.25, 0.3) is 0 Å². The smallest absolute Gasteiger partial charge is 0.0470 e. The lowest BCUT2D eigenvalue weighted by Crippen LogP contribution is -2.17. The third-order valence-corrected chi connectivity index (χ3v) is 2.52. The van der Waals surface area contributed by atoms with E-state index in [0.29, 0.717) is 5.41 Å². The zero-order chi connectivity index (χ0) is 8.16. The molecule has 0 bridgehead atoms. The Balaban J connectivity index is 2.37. The Kier molecular flexibility index (Phi) is 3.13. The normalized spacial score (nSPS) is 30.7. The summed E-state index contributed by atoms with van der Waals surface area (Å²) in [5, 5.41) is 0. The minimum absolute atomic E-state index is 0.425. The first-order valence-corrected chi connectivity index (χ1v) is 4.43. The maximum atomic E-state index is 5.08. The minimum Gasteiger partial charge on any atom is -0.385 e. The van der Waals surface area contributed by atoms with Gasteiger partial charge in [-0.3, -0.25) is 0 Å². The van der Waals surface area contributed by atoms with E-state index in [1.54, 1.807) is 7.11 Å². The Morgan fingerprint density at radius 2 is 2.36 bits per heavy atom. The fourth-order valence-electron chi connectivity index (χ4n) is 1.62. The number of ether oxygens (including phenoxy) is 1. The molecule has 0 spiro atoms. The standard InChI is InChI=1S/C10H18O/c1-10(8-9-11-2)6-4-3-5-7-10/h4,6H,3,5,7-9H2,1-2H3. The van der Waals surface area contributed by atoms with Gasteiger partial charge in [0.1, 0.15) is 0 Å². The highest BCUT2D eigenvalue weighted by molar-refractivity contribution is 5.00. The maximum absolute atomic E-state index is 5.08. The molecule has 0 fully saturated rings. The average molecular weight is 154 g/mol. The van der Waals surface area contributed by atoms with E-state index >= 15 is 0 Å². The van der Waals surface area contributed by atoms with E-state index in [-0.39, 0.29) is 0 Å². The van der Waals surface area contributed by atoms with Gasteiger partial charge >= 0.3 is 0 Å². The molecule has 0 aromatic carbocycles. The van der Waals surface area contributed by atoms with Crippen molar-refractivity contribution in [1.29, 1.82) is 0 Å². The SMILES string of the molecule is COCCC1(C)C=CCCC1. The summed E-state index contributed by atoms with van der Waals surface area (Å²) in [7, 11) is 1.77. The van der Waals surface area contributed by atoms with Crippen molar-refractivity contribution in [2.45, 2.75) is 32.6 Å². The Hall–Kier alpha value is -0.300. The molecule has 0 saturated heterocycles. The Labute approximate surface area is 69.4 Å². The molecule has 0 heterocycles. The first kappa shape index (κ1) is 8.79. The number of allylic oxidation sites excluding steroid dienone is 2. The van der Waals surface area contributed by atoms with Crippen molar-refractivity contribution < 1.29 is 4.74 Å². The first-order chi connectivity index (χ1) is 5.27. The molecule has 1 nitrogen and oxygen atoms in total. The third kappa shape index (κ3) is 2.66. The predicted molar refractivity (Wildman–Crippen MR) is 47.6 cm³/mol. The lowest BCUT2D eigenvalue weighted by atomic mass is 9.78. The zero-order valence-electron chi connectivity index (χ0n) is 7.60. The number of hydrogen-bond donors (Lipinski definition) is 0. The van der Waals surface area contributed by atoms with Crippen LogP contribution in [0.4, 0.5) is 0 Å². The van der Waals surface area contributed by atoms with Crippen molar-refractivity contribution >= 4 is 0 Å². The second-order valence-electron chi connectivity index (χ2n) is 3.69. The van der Waals surface area contributed by atoms with E-state index in [1.165, 1.54) is 25.7 Å². The summed E-state index contributed by atoms with van der Waals surface area (Å²) in [6, 6.07) is 0. The predicted octanol–water partition coefficient (Wildman–Crippen LogP) is 2.77. The van der Waals surface area contributed by atoms with Crippen LogP contribution in [0, 0.1) is 5.41 Å². The van der Waals surface area contributed by atoms with Crippen LogP contribution < -0.4 is 0 Å². The summed E-state index contributed by atoms with van der Waals surface area (Å²) in [6.07, 6.45) is 9.76. The second-order valence-corrected chi connectivity index (χ2v) is 3.69. The van der Waals surface area contributed by atoms with Crippen LogP contribution in [0.5, 0.6) is 0 Å². The van der Waals surface area contributed by atoms with Crippen molar-refractivity contribution in [3.8, 4) is 0 Å². The molecule has 1 unspecified atom stereocenters. The summed E-state index contributed by atoms with van der Waals surface area (Å²) in [5.41, 5.74) is 0.425. The average Bonchev–Trinajstić information content (AvgIpc) is 2.03. The molecular formula is C10H18O. The van der Waals surface area contributed by atoms with Gasteiger partial charge < -0.3 is 4.74 Å². The van der Waals surface area contributed by atoms with Gasteiger partial charge in [0.05, 0.1) is 0 Å². The molecule has 1 rings (SSSR count). The first-order valence-electron chi connectivity index (χ1n) is 4.43. The molecule has 0 aromatic heterocycles. The molecule has 0 aromatic rings. The van der Waals surface area contributed by atoms with E-state index in [2.05, 4.69) is 19.1 Å². The molecule has 0 amide bonds. The summed E-state index contributed by atoms with van der Waals surface area (Å²) in [4.78, 5) is 0. The van der Waals surface area contributed by atoms with E-state index in [1.807, 2.05) is 0 Å². The Morgan fingerprint density at radius 3 is 2.91 bits per heavy atom. The van der Waals surface area contributed by atoms with E-state index in [4.69, 9.17) is 4.74 Å². The maximum Gasteiger partial charge on any atom is 0.0470 e. The number of methoxy groups -OCH3 is 1. The summed E-state index contributed by atoms with van der Waals surface area (Å²) in [5.74, 6) is 0. The summed E-state index contributed by atoms with van der Waals surface area (Å²) in [6.45, 7) is 3.21. The fourth-order valence-corrected chi connectivity index (χ4v) is 1.62. The molecular weight excluding hydrogens is 136 g/mol. The van der Waals surface area contributed by atoms with Gasteiger partial charge in [0.2, 0.25) is 0 Å². The van der Waals surface area contributed by atoms with E-state index in [9.17, 15) is 0 Å². The van der Waals surface area contributed by atoms with Crippen molar-refractivity contribution in [1.82, 2.24) is 0 Å². The van der Waals surface area contributed by atoms with Gasteiger partial charge in [-0.15, -0.1) is 0 Å². The van der Waals surface area contributed by atoms with Gasteiger partial charge in [-0.2, -0.15) is 0 Å².